The molecule has 0 bridgehead atoms. The molecule has 0 N–H and O–H groups in total. The van der Waals surface area contributed by atoms with Crippen molar-refractivity contribution in [1.29, 1.82) is 0 Å². The lowest BCUT2D eigenvalue weighted by molar-refractivity contribution is 1.08. The van der Waals surface area contributed by atoms with E-state index in [0.29, 0.717) is 23.3 Å². The Balaban J connectivity index is 1.13. The van der Waals surface area contributed by atoms with Crippen LogP contribution >= 0.6 is 0 Å². The fourth-order valence-electron chi connectivity index (χ4n) is 8.30. The Hall–Kier alpha value is -8.15. The second-order valence-corrected chi connectivity index (χ2v) is 14.8. The van der Waals surface area contributed by atoms with Crippen LogP contribution in [0.3, 0.4) is 0 Å². The summed E-state index contributed by atoms with van der Waals surface area (Å²) >= 11 is 0. The van der Waals surface area contributed by atoms with Crippen LogP contribution in [0, 0.1) is 0 Å². The summed E-state index contributed by atoms with van der Waals surface area (Å²) in [6, 6.07) is 73.4. The first-order chi connectivity index (χ1) is 29.7. The Bertz CT molecular complexity index is 3290. The minimum Gasteiger partial charge on any atom is -0.228 e. The van der Waals surface area contributed by atoms with Crippen LogP contribution < -0.4 is 0 Å². The maximum Gasteiger partial charge on any atom is 0.165 e. The summed E-state index contributed by atoms with van der Waals surface area (Å²) in [7, 11) is 0. The molecule has 60 heavy (non-hydrogen) atoms. The van der Waals surface area contributed by atoms with Crippen molar-refractivity contribution in [2.45, 2.75) is 0 Å². The van der Waals surface area contributed by atoms with Crippen molar-refractivity contribution in [1.82, 2.24) is 24.9 Å². The molecule has 0 saturated heterocycles. The third kappa shape index (κ3) is 6.35. The normalized spacial score (nSPS) is 11.3. The zero-order valence-corrected chi connectivity index (χ0v) is 32.4. The Morgan fingerprint density at radius 3 is 1.27 bits per heavy atom. The van der Waals surface area contributed by atoms with E-state index in [2.05, 4.69) is 133 Å². The smallest absolute Gasteiger partial charge is 0.165 e. The van der Waals surface area contributed by atoms with Crippen LogP contribution in [0.25, 0.3) is 112 Å². The summed E-state index contributed by atoms with van der Waals surface area (Å²) in [5.41, 5.74) is 9.66. The van der Waals surface area contributed by atoms with Gasteiger partial charge in [0.25, 0.3) is 0 Å². The number of aromatic nitrogens is 5. The molecule has 0 aliphatic carbocycles. The third-order valence-electron chi connectivity index (χ3n) is 11.1. The minimum atomic E-state index is 0.613. The molecule has 9 aromatic carbocycles. The van der Waals surface area contributed by atoms with Gasteiger partial charge in [-0.05, 0) is 43.9 Å². The highest BCUT2D eigenvalue weighted by Gasteiger charge is 2.22. The molecule has 11 rings (SSSR count). The van der Waals surface area contributed by atoms with E-state index < -0.39 is 0 Å². The van der Waals surface area contributed by atoms with E-state index in [1.54, 1.807) is 0 Å². The average molecular weight is 766 g/mol. The Kier molecular flexibility index (Phi) is 8.75. The lowest BCUT2D eigenvalue weighted by atomic mass is 9.87. The summed E-state index contributed by atoms with van der Waals surface area (Å²) in [6.07, 6.45) is 0. The molecule has 0 fully saturated rings. The van der Waals surface area contributed by atoms with Crippen molar-refractivity contribution in [3.05, 3.63) is 212 Å². The van der Waals surface area contributed by atoms with Gasteiger partial charge in [-0.3, -0.25) is 0 Å². The maximum absolute atomic E-state index is 5.26. The van der Waals surface area contributed by atoms with Crippen molar-refractivity contribution in [2.24, 2.45) is 0 Å². The second-order valence-electron chi connectivity index (χ2n) is 14.8. The van der Waals surface area contributed by atoms with E-state index in [9.17, 15) is 0 Å². The number of nitrogens with zero attached hydrogens (tertiary/aromatic N) is 5. The lowest BCUT2D eigenvalue weighted by Crippen LogP contribution is -2.02. The lowest BCUT2D eigenvalue weighted by Gasteiger charge is -2.18. The van der Waals surface area contributed by atoms with Gasteiger partial charge in [0.2, 0.25) is 0 Å². The van der Waals surface area contributed by atoms with Gasteiger partial charge in [0.1, 0.15) is 0 Å². The number of hydrogen-bond acceptors (Lipinski definition) is 5. The molecular formula is C55H35N5. The van der Waals surface area contributed by atoms with Gasteiger partial charge in [0.15, 0.2) is 23.3 Å². The third-order valence-corrected chi connectivity index (χ3v) is 11.1. The SMILES string of the molecule is c1ccc(-c2cc(-c3cccc4ccccc34)nc(-c3ccc(-c4c(-c5nc(-c6ccccc6)nc(-c6ccccc6)n5)c5ccccc5c5ccccc45)cc3)n2)cc1. The van der Waals surface area contributed by atoms with Crippen molar-refractivity contribution in [3.63, 3.8) is 0 Å². The zero-order valence-electron chi connectivity index (χ0n) is 32.4. The Labute approximate surface area is 347 Å². The molecule has 2 heterocycles. The minimum absolute atomic E-state index is 0.613. The van der Waals surface area contributed by atoms with Gasteiger partial charge in [-0.1, -0.05) is 206 Å². The van der Waals surface area contributed by atoms with E-state index in [-0.39, 0.29) is 0 Å². The fourth-order valence-corrected chi connectivity index (χ4v) is 8.30. The standard InChI is InChI=1S/C55H35N5/c1-4-18-37(19-5-1)48-35-49(45-30-16-24-36-17-10-11-25-42(36)45)57-52(56-48)41-33-31-38(32-34-41)50-46-28-14-12-26-43(46)44-27-13-15-29-47(44)51(50)55-59-53(39-20-6-2-7-21-39)58-54(60-55)40-22-8-3-9-23-40/h1-35H. The molecule has 0 aliphatic heterocycles. The van der Waals surface area contributed by atoms with Crippen LogP contribution in [-0.4, -0.2) is 24.9 Å². The van der Waals surface area contributed by atoms with E-state index in [0.717, 1.165) is 82.8 Å². The summed E-state index contributed by atoms with van der Waals surface area (Å²) in [4.78, 5) is 26.0. The molecule has 5 heteroatoms. The first-order valence-electron chi connectivity index (χ1n) is 20.1. The highest BCUT2D eigenvalue weighted by atomic mass is 15.0. The van der Waals surface area contributed by atoms with Gasteiger partial charge in [-0.25, -0.2) is 24.9 Å². The second kappa shape index (κ2) is 15.0. The molecule has 0 unspecified atom stereocenters. The summed E-state index contributed by atoms with van der Waals surface area (Å²) in [5, 5.41) is 6.80. The van der Waals surface area contributed by atoms with Gasteiger partial charge >= 0.3 is 0 Å². The molecule has 0 spiro atoms. The van der Waals surface area contributed by atoms with Gasteiger partial charge in [0.05, 0.1) is 11.4 Å². The van der Waals surface area contributed by atoms with Crippen LogP contribution in [0.15, 0.2) is 212 Å². The number of rotatable bonds is 7. The molecule has 0 aliphatic rings. The van der Waals surface area contributed by atoms with Gasteiger partial charge in [-0.2, -0.15) is 0 Å². The van der Waals surface area contributed by atoms with Crippen molar-refractivity contribution >= 4 is 32.3 Å². The molecule has 0 saturated carbocycles. The summed E-state index contributed by atoms with van der Waals surface area (Å²) in [6.45, 7) is 0. The quantitative estimate of drug-likeness (QED) is 0.151. The topological polar surface area (TPSA) is 64.5 Å². The van der Waals surface area contributed by atoms with E-state index in [1.165, 1.54) is 5.39 Å². The first-order valence-corrected chi connectivity index (χ1v) is 20.1. The van der Waals surface area contributed by atoms with Crippen LogP contribution in [0.4, 0.5) is 0 Å². The molecular weight excluding hydrogens is 731 g/mol. The number of fused-ring (bicyclic) bond motifs is 4. The highest BCUT2D eigenvalue weighted by Crippen LogP contribution is 2.44. The molecule has 2 aromatic heterocycles. The van der Waals surface area contributed by atoms with Crippen LogP contribution in [0.5, 0.6) is 0 Å². The average Bonchev–Trinajstić information content (AvgIpc) is 3.34. The molecule has 5 nitrogen and oxygen atoms in total. The van der Waals surface area contributed by atoms with Gasteiger partial charge in [-0.15, -0.1) is 0 Å². The Morgan fingerprint density at radius 2 is 0.650 bits per heavy atom. The number of benzene rings is 9. The fraction of sp³-hybridized carbons (Fsp3) is 0. The van der Waals surface area contributed by atoms with Crippen molar-refractivity contribution in [2.75, 3.05) is 0 Å². The van der Waals surface area contributed by atoms with E-state index in [4.69, 9.17) is 24.9 Å². The van der Waals surface area contributed by atoms with Crippen LogP contribution in [0.2, 0.25) is 0 Å². The molecule has 0 atom stereocenters. The Morgan fingerprint density at radius 1 is 0.233 bits per heavy atom. The largest absolute Gasteiger partial charge is 0.228 e. The van der Waals surface area contributed by atoms with E-state index >= 15 is 0 Å². The molecule has 0 radical (unpaired) electrons. The monoisotopic (exact) mass is 765 g/mol. The molecule has 0 amide bonds. The summed E-state index contributed by atoms with van der Waals surface area (Å²) in [5.74, 6) is 2.51. The van der Waals surface area contributed by atoms with Crippen LogP contribution in [0.1, 0.15) is 0 Å². The summed E-state index contributed by atoms with van der Waals surface area (Å²) < 4.78 is 0. The van der Waals surface area contributed by atoms with Crippen molar-refractivity contribution in [3.8, 4) is 79.2 Å². The first kappa shape index (κ1) is 35.0. The predicted molar refractivity (Wildman–Crippen MR) is 246 cm³/mol. The van der Waals surface area contributed by atoms with Crippen molar-refractivity contribution < 1.29 is 0 Å². The van der Waals surface area contributed by atoms with E-state index in [1.807, 2.05) is 78.9 Å². The highest BCUT2D eigenvalue weighted by molar-refractivity contribution is 6.21. The number of hydrogen-bond donors (Lipinski definition) is 0. The maximum atomic E-state index is 5.26. The van der Waals surface area contributed by atoms with Gasteiger partial charge in [0, 0.05) is 38.9 Å². The predicted octanol–water partition coefficient (Wildman–Crippen LogP) is 13.8. The van der Waals surface area contributed by atoms with Crippen LogP contribution in [-0.2, 0) is 0 Å². The zero-order chi connectivity index (χ0) is 39.8. The molecule has 11 aromatic rings. The molecule has 280 valence electrons. The van der Waals surface area contributed by atoms with Gasteiger partial charge < -0.3 is 0 Å².